The number of nitrogens with zero attached hydrogens (tertiary/aromatic N) is 1. The van der Waals surface area contributed by atoms with Crippen LogP contribution in [0, 0.1) is 5.92 Å². The van der Waals surface area contributed by atoms with Gasteiger partial charge in [-0.3, -0.25) is 4.79 Å². The summed E-state index contributed by atoms with van der Waals surface area (Å²) in [6, 6.07) is 0.396. The number of carbonyl (C=O) groups excluding carboxylic acids is 1. The zero-order valence-electron chi connectivity index (χ0n) is 8.62. The van der Waals surface area contributed by atoms with Crippen molar-refractivity contribution in [3.8, 4) is 0 Å². The summed E-state index contributed by atoms with van der Waals surface area (Å²) in [5.41, 5.74) is 5.59. The number of carbonyl (C=O) groups is 1. The summed E-state index contributed by atoms with van der Waals surface area (Å²) in [5.74, 6) is 0.821. The fourth-order valence-electron chi connectivity index (χ4n) is 2.02. The molecular weight excluding hydrogens is 164 g/mol. The van der Waals surface area contributed by atoms with Crippen LogP contribution in [-0.4, -0.2) is 29.9 Å². The molecule has 1 aliphatic heterocycles. The van der Waals surface area contributed by atoms with Gasteiger partial charge in [-0.2, -0.15) is 0 Å². The van der Waals surface area contributed by atoms with Gasteiger partial charge in [0.25, 0.3) is 0 Å². The molecule has 1 saturated heterocycles. The average Bonchev–Trinajstić information content (AvgIpc) is 2.47. The van der Waals surface area contributed by atoms with Crippen LogP contribution in [0.1, 0.15) is 33.1 Å². The summed E-state index contributed by atoms with van der Waals surface area (Å²) in [4.78, 5) is 13.6. The third-order valence-electron chi connectivity index (χ3n) is 2.78. The zero-order chi connectivity index (χ0) is 9.84. The van der Waals surface area contributed by atoms with Crippen molar-refractivity contribution in [3.05, 3.63) is 0 Å². The number of likely N-dealkylation sites (tertiary alicyclic amines) is 1. The quantitative estimate of drug-likeness (QED) is 0.710. The van der Waals surface area contributed by atoms with Crippen LogP contribution in [0.15, 0.2) is 0 Å². The van der Waals surface area contributed by atoms with E-state index in [4.69, 9.17) is 5.73 Å². The molecular formula is C10H20N2O. The van der Waals surface area contributed by atoms with Crippen LogP contribution < -0.4 is 5.73 Å². The lowest BCUT2D eigenvalue weighted by Gasteiger charge is -2.21. The van der Waals surface area contributed by atoms with Gasteiger partial charge in [0, 0.05) is 19.0 Å². The van der Waals surface area contributed by atoms with Crippen LogP contribution in [0.3, 0.4) is 0 Å². The highest BCUT2D eigenvalue weighted by molar-refractivity contribution is 5.76. The van der Waals surface area contributed by atoms with Crippen molar-refractivity contribution in [2.24, 2.45) is 11.7 Å². The van der Waals surface area contributed by atoms with Gasteiger partial charge >= 0.3 is 0 Å². The molecule has 0 aromatic rings. The molecule has 0 aromatic heterocycles. The van der Waals surface area contributed by atoms with Crippen molar-refractivity contribution in [1.29, 1.82) is 0 Å². The molecule has 1 aliphatic rings. The highest BCUT2D eigenvalue weighted by atomic mass is 16.2. The Morgan fingerprint density at radius 1 is 1.62 bits per heavy atom. The Bertz CT molecular complexity index is 182. The molecule has 76 valence electrons. The van der Waals surface area contributed by atoms with E-state index in [0.717, 1.165) is 19.4 Å². The minimum absolute atomic E-state index is 0.297. The van der Waals surface area contributed by atoms with E-state index in [9.17, 15) is 4.79 Å². The fraction of sp³-hybridized carbons (Fsp3) is 0.900. The smallest absolute Gasteiger partial charge is 0.222 e. The molecule has 0 radical (unpaired) electrons. The van der Waals surface area contributed by atoms with E-state index >= 15 is 0 Å². The lowest BCUT2D eigenvalue weighted by atomic mass is 10.1. The summed E-state index contributed by atoms with van der Waals surface area (Å²) < 4.78 is 0. The van der Waals surface area contributed by atoms with Crippen LogP contribution in [0.25, 0.3) is 0 Å². The lowest BCUT2D eigenvalue weighted by Crippen LogP contribution is -2.34. The molecule has 1 amide bonds. The monoisotopic (exact) mass is 184 g/mol. The van der Waals surface area contributed by atoms with Gasteiger partial charge in [-0.15, -0.1) is 0 Å². The maximum Gasteiger partial charge on any atom is 0.222 e. The highest BCUT2D eigenvalue weighted by Crippen LogP contribution is 2.22. The van der Waals surface area contributed by atoms with Crippen molar-refractivity contribution < 1.29 is 4.79 Å². The molecule has 2 N–H and O–H groups in total. The van der Waals surface area contributed by atoms with Crippen LogP contribution >= 0.6 is 0 Å². The minimum atomic E-state index is 0.297. The first-order valence-electron chi connectivity index (χ1n) is 5.18. The van der Waals surface area contributed by atoms with Crippen molar-refractivity contribution >= 4 is 5.91 Å². The molecule has 0 aromatic carbocycles. The van der Waals surface area contributed by atoms with Gasteiger partial charge in [0.05, 0.1) is 0 Å². The van der Waals surface area contributed by atoms with Gasteiger partial charge in [-0.1, -0.05) is 6.92 Å². The van der Waals surface area contributed by atoms with Gasteiger partial charge in [-0.25, -0.2) is 0 Å². The van der Waals surface area contributed by atoms with Gasteiger partial charge in [0.15, 0.2) is 0 Å². The molecule has 2 unspecified atom stereocenters. The first-order chi connectivity index (χ1) is 6.19. The van der Waals surface area contributed by atoms with Crippen LogP contribution in [-0.2, 0) is 4.79 Å². The molecule has 3 heteroatoms. The van der Waals surface area contributed by atoms with E-state index in [1.807, 2.05) is 11.8 Å². The maximum atomic E-state index is 11.6. The normalized spacial score (nSPS) is 28.1. The molecule has 3 nitrogen and oxygen atoms in total. The molecule has 13 heavy (non-hydrogen) atoms. The molecule has 0 spiro atoms. The third-order valence-corrected chi connectivity index (χ3v) is 2.78. The zero-order valence-corrected chi connectivity index (χ0v) is 8.62. The molecule has 0 aliphatic carbocycles. The SMILES string of the molecule is CCCC(=O)N1CC(CN)CC1C. The number of hydrogen-bond acceptors (Lipinski definition) is 2. The molecule has 0 bridgehead atoms. The summed E-state index contributed by atoms with van der Waals surface area (Å²) in [6.07, 6.45) is 2.70. The van der Waals surface area contributed by atoms with Crippen LogP contribution in [0.5, 0.6) is 0 Å². The lowest BCUT2D eigenvalue weighted by molar-refractivity contribution is -0.131. The number of hydrogen-bond donors (Lipinski definition) is 1. The summed E-state index contributed by atoms with van der Waals surface area (Å²) in [6.45, 7) is 5.74. The number of amides is 1. The number of nitrogens with two attached hydrogens (primary N) is 1. The van der Waals surface area contributed by atoms with E-state index in [1.54, 1.807) is 0 Å². The first kappa shape index (κ1) is 10.5. The minimum Gasteiger partial charge on any atom is -0.340 e. The Labute approximate surface area is 80.3 Å². The predicted octanol–water partition coefficient (Wildman–Crippen LogP) is 0.982. The second-order valence-corrected chi connectivity index (χ2v) is 3.98. The van der Waals surface area contributed by atoms with Crippen molar-refractivity contribution in [1.82, 2.24) is 4.90 Å². The maximum absolute atomic E-state index is 11.6. The Hall–Kier alpha value is -0.570. The highest BCUT2D eigenvalue weighted by Gasteiger charge is 2.30. The van der Waals surface area contributed by atoms with E-state index in [1.165, 1.54) is 0 Å². The Morgan fingerprint density at radius 3 is 2.77 bits per heavy atom. The Balaban J connectivity index is 2.46. The van der Waals surface area contributed by atoms with Gasteiger partial charge in [0.2, 0.25) is 5.91 Å². The third kappa shape index (κ3) is 2.44. The molecule has 1 rings (SSSR count). The molecule has 1 heterocycles. The van der Waals surface area contributed by atoms with Crippen molar-refractivity contribution in [3.63, 3.8) is 0 Å². The first-order valence-corrected chi connectivity index (χ1v) is 5.18. The fourth-order valence-corrected chi connectivity index (χ4v) is 2.02. The van der Waals surface area contributed by atoms with E-state index in [-0.39, 0.29) is 0 Å². The molecule has 0 saturated carbocycles. The van der Waals surface area contributed by atoms with Crippen LogP contribution in [0.4, 0.5) is 0 Å². The van der Waals surface area contributed by atoms with Crippen molar-refractivity contribution in [2.75, 3.05) is 13.1 Å². The van der Waals surface area contributed by atoms with E-state index < -0.39 is 0 Å². The van der Waals surface area contributed by atoms with Gasteiger partial charge in [0.1, 0.15) is 0 Å². The number of rotatable bonds is 3. The standard InChI is InChI=1S/C10H20N2O/c1-3-4-10(13)12-7-9(6-11)5-8(12)2/h8-9H,3-7,11H2,1-2H3. The Morgan fingerprint density at radius 2 is 2.31 bits per heavy atom. The van der Waals surface area contributed by atoms with Gasteiger partial charge in [-0.05, 0) is 32.2 Å². The van der Waals surface area contributed by atoms with Crippen molar-refractivity contribution in [2.45, 2.75) is 39.2 Å². The topological polar surface area (TPSA) is 46.3 Å². The average molecular weight is 184 g/mol. The Kier molecular flexibility index (Phi) is 3.72. The molecule has 2 atom stereocenters. The second-order valence-electron chi connectivity index (χ2n) is 3.98. The summed E-state index contributed by atoms with van der Waals surface area (Å²) >= 11 is 0. The van der Waals surface area contributed by atoms with Gasteiger partial charge < -0.3 is 10.6 Å². The largest absolute Gasteiger partial charge is 0.340 e. The van der Waals surface area contributed by atoms with E-state index in [0.29, 0.717) is 30.8 Å². The van der Waals surface area contributed by atoms with Crippen LogP contribution in [0.2, 0.25) is 0 Å². The summed E-state index contributed by atoms with van der Waals surface area (Å²) in [7, 11) is 0. The molecule has 1 fully saturated rings. The predicted molar refractivity (Wildman–Crippen MR) is 53.2 cm³/mol. The van der Waals surface area contributed by atoms with E-state index in [2.05, 4.69) is 6.92 Å². The second kappa shape index (κ2) is 4.61. The summed E-state index contributed by atoms with van der Waals surface area (Å²) in [5, 5.41) is 0.